The summed E-state index contributed by atoms with van der Waals surface area (Å²) in [6.07, 6.45) is 1.60. The van der Waals surface area contributed by atoms with E-state index in [1.807, 2.05) is 6.07 Å². The molecule has 2 aromatic rings. The lowest BCUT2D eigenvalue weighted by molar-refractivity contribution is 0.368. The maximum Gasteiger partial charge on any atom is 0.326 e. The molecule has 5 nitrogen and oxygen atoms in total. The Morgan fingerprint density at radius 1 is 1.35 bits per heavy atom. The normalized spacial score (nSPS) is 15.8. The average molecular weight is 297 g/mol. The first-order valence-electron chi connectivity index (χ1n) is 6.26. The van der Waals surface area contributed by atoms with Gasteiger partial charge in [-0.15, -0.1) is 12.4 Å². The van der Waals surface area contributed by atoms with Crippen LogP contribution < -0.4 is 11.0 Å². The Morgan fingerprint density at radius 2 is 2.05 bits per heavy atom. The number of rotatable bonds is 1. The largest absolute Gasteiger partial charge is 0.326 e. The lowest BCUT2D eigenvalue weighted by atomic mass is 10.1. The molecule has 1 fully saturated rings. The van der Waals surface area contributed by atoms with Crippen molar-refractivity contribution in [3.05, 3.63) is 34.0 Å². The number of H-pyrrole nitrogens is 1. The molecule has 0 unspecified atom stereocenters. The van der Waals surface area contributed by atoms with Crippen LogP contribution in [0.5, 0.6) is 0 Å². The average Bonchev–Trinajstić information content (AvgIpc) is 2.76. The lowest BCUT2D eigenvalue weighted by Gasteiger charge is -2.24. The molecule has 1 aliphatic heterocycles. The molecule has 0 bridgehead atoms. The third kappa shape index (κ3) is 2.19. The molecule has 106 valence electrons. The summed E-state index contributed by atoms with van der Waals surface area (Å²) in [6, 6.07) is 4.59. The van der Waals surface area contributed by atoms with Crippen molar-refractivity contribution in [2.45, 2.75) is 18.9 Å². The predicted octanol–water partition coefficient (Wildman–Crippen LogP) is 1.69. The molecule has 0 spiro atoms. The quantitative estimate of drug-likeness (QED) is 0.841. The van der Waals surface area contributed by atoms with Crippen LogP contribution >= 0.6 is 12.4 Å². The fraction of sp³-hybridized carbons (Fsp3) is 0.385. The molecule has 0 atom stereocenters. The van der Waals surface area contributed by atoms with Crippen LogP contribution in [0.2, 0.25) is 0 Å². The van der Waals surface area contributed by atoms with Gasteiger partial charge < -0.3 is 10.3 Å². The molecule has 0 saturated carbocycles. The van der Waals surface area contributed by atoms with Crippen molar-refractivity contribution >= 4 is 23.4 Å². The zero-order chi connectivity index (χ0) is 13.4. The van der Waals surface area contributed by atoms with Crippen molar-refractivity contribution in [2.24, 2.45) is 0 Å². The molecule has 20 heavy (non-hydrogen) atoms. The van der Waals surface area contributed by atoms with E-state index in [-0.39, 0.29) is 29.7 Å². The highest BCUT2D eigenvalue weighted by Crippen LogP contribution is 2.25. The number of fused-ring (bicyclic) bond motifs is 1. The summed E-state index contributed by atoms with van der Waals surface area (Å²) in [6.45, 7) is 1.64. The van der Waals surface area contributed by atoms with Crippen molar-refractivity contribution in [1.29, 1.82) is 5.26 Å². The Morgan fingerprint density at radius 3 is 2.70 bits per heavy atom. The van der Waals surface area contributed by atoms with E-state index in [1.165, 1.54) is 16.7 Å². The van der Waals surface area contributed by atoms with Gasteiger partial charge in [0.1, 0.15) is 17.4 Å². The Labute approximate surface area is 120 Å². The Kier molecular flexibility index (Phi) is 4.12. The second kappa shape index (κ2) is 5.65. The summed E-state index contributed by atoms with van der Waals surface area (Å²) < 4.78 is 15.3. The number of nitriles is 1. The monoisotopic (exact) mass is 296 g/mol. The van der Waals surface area contributed by atoms with Crippen LogP contribution in [-0.4, -0.2) is 22.6 Å². The van der Waals surface area contributed by atoms with Crippen molar-refractivity contribution in [3.63, 3.8) is 0 Å². The maximum absolute atomic E-state index is 13.7. The van der Waals surface area contributed by atoms with E-state index in [2.05, 4.69) is 10.3 Å². The van der Waals surface area contributed by atoms with E-state index in [4.69, 9.17) is 5.26 Å². The number of nitrogens with zero attached hydrogens (tertiary/aromatic N) is 2. The van der Waals surface area contributed by atoms with Gasteiger partial charge >= 0.3 is 5.69 Å². The molecule has 1 aliphatic rings. The number of piperidine rings is 1. The first kappa shape index (κ1) is 14.6. The van der Waals surface area contributed by atoms with Crippen LogP contribution in [0.4, 0.5) is 4.39 Å². The number of benzene rings is 1. The van der Waals surface area contributed by atoms with Crippen molar-refractivity contribution in [3.8, 4) is 6.07 Å². The molecule has 0 radical (unpaired) electrons. The van der Waals surface area contributed by atoms with Gasteiger partial charge in [0.25, 0.3) is 0 Å². The minimum Gasteiger partial charge on any atom is -0.317 e. The molecule has 2 N–H and O–H groups in total. The summed E-state index contributed by atoms with van der Waals surface area (Å²) in [5.74, 6) is -0.586. The first-order chi connectivity index (χ1) is 9.22. The fourth-order valence-corrected chi connectivity index (χ4v) is 2.71. The van der Waals surface area contributed by atoms with Crippen molar-refractivity contribution in [2.75, 3.05) is 13.1 Å². The van der Waals surface area contributed by atoms with E-state index in [0.29, 0.717) is 11.0 Å². The van der Waals surface area contributed by atoms with Crippen LogP contribution in [0.25, 0.3) is 11.0 Å². The topological polar surface area (TPSA) is 73.6 Å². The third-order valence-corrected chi connectivity index (χ3v) is 3.61. The van der Waals surface area contributed by atoms with E-state index in [9.17, 15) is 9.18 Å². The van der Waals surface area contributed by atoms with Crippen molar-refractivity contribution < 1.29 is 4.39 Å². The third-order valence-electron chi connectivity index (χ3n) is 3.61. The van der Waals surface area contributed by atoms with Crippen LogP contribution in [0.15, 0.2) is 16.9 Å². The highest BCUT2D eigenvalue weighted by molar-refractivity contribution is 5.85. The summed E-state index contributed by atoms with van der Waals surface area (Å²) in [5, 5.41) is 12.3. The standard InChI is InChI=1S/C13H13FN4O.ClH/c14-10-1-2-11-12(9(10)7-15)18(13(19)17-11)8-3-5-16-6-4-8;/h1-2,8,16H,3-6H2,(H,17,19);1H. The van der Waals surface area contributed by atoms with Gasteiger partial charge in [0.2, 0.25) is 0 Å². The van der Waals surface area contributed by atoms with Crippen LogP contribution in [0, 0.1) is 17.1 Å². The Bertz CT molecular complexity index is 724. The minimum atomic E-state index is -0.586. The number of hydrogen-bond acceptors (Lipinski definition) is 3. The highest BCUT2D eigenvalue weighted by atomic mass is 35.5. The van der Waals surface area contributed by atoms with Crippen molar-refractivity contribution in [1.82, 2.24) is 14.9 Å². The number of hydrogen-bond donors (Lipinski definition) is 2. The molecule has 1 aromatic carbocycles. The van der Waals surface area contributed by atoms with Crippen LogP contribution in [0.1, 0.15) is 24.4 Å². The molecule has 0 amide bonds. The Hall–Kier alpha value is -1.84. The van der Waals surface area contributed by atoms with Gasteiger partial charge in [0.05, 0.1) is 11.0 Å². The van der Waals surface area contributed by atoms with Gasteiger partial charge in [-0.05, 0) is 38.1 Å². The molecule has 1 saturated heterocycles. The maximum atomic E-state index is 13.7. The summed E-state index contributed by atoms with van der Waals surface area (Å²) in [7, 11) is 0. The summed E-state index contributed by atoms with van der Waals surface area (Å²) >= 11 is 0. The molecule has 2 heterocycles. The molecular weight excluding hydrogens is 283 g/mol. The lowest BCUT2D eigenvalue weighted by Crippen LogP contribution is -2.33. The van der Waals surface area contributed by atoms with Gasteiger partial charge in [0, 0.05) is 6.04 Å². The fourth-order valence-electron chi connectivity index (χ4n) is 2.71. The Balaban J connectivity index is 0.00000147. The number of imidazole rings is 1. The van der Waals surface area contributed by atoms with E-state index in [0.717, 1.165) is 25.9 Å². The number of aromatic nitrogens is 2. The smallest absolute Gasteiger partial charge is 0.317 e. The summed E-state index contributed by atoms with van der Waals surface area (Å²) in [4.78, 5) is 14.8. The second-order valence-corrected chi connectivity index (χ2v) is 4.71. The van der Waals surface area contributed by atoms with E-state index >= 15 is 0 Å². The second-order valence-electron chi connectivity index (χ2n) is 4.71. The van der Waals surface area contributed by atoms with E-state index < -0.39 is 5.82 Å². The SMILES string of the molecule is Cl.N#Cc1c(F)ccc2[nH]c(=O)n(C3CCNCC3)c12. The molecule has 0 aliphatic carbocycles. The van der Waals surface area contributed by atoms with Crippen LogP contribution in [-0.2, 0) is 0 Å². The van der Waals surface area contributed by atoms with Gasteiger partial charge in [-0.2, -0.15) is 5.26 Å². The predicted molar refractivity (Wildman–Crippen MR) is 75.6 cm³/mol. The number of nitrogens with one attached hydrogen (secondary N) is 2. The number of halogens is 2. The number of aromatic amines is 1. The molecule has 1 aromatic heterocycles. The highest BCUT2D eigenvalue weighted by Gasteiger charge is 2.22. The van der Waals surface area contributed by atoms with Gasteiger partial charge in [-0.3, -0.25) is 4.57 Å². The molecule has 7 heteroatoms. The zero-order valence-corrected chi connectivity index (χ0v) is 11.5. The summed E-state index contributed by atoms with van der Waals surface area (Å²) in [5.41, 5.74) is 0.569. The zero-order valence-electron chi connectivity index (χ0n) is 10.6. The minimum absolute atomic E-state index is 0. The van der Waals surface area contributed by atoms with Crippen LogP contribution in [0.3, 0.4) is 0 Å². The molecular formula is C13H14ClFN4O. The van der Waals surface area contributed by atoms with Gasteiger partial charge in [-0.1, -0.05) is 0 Å². The van der Waals surface area contributed by atoms with Gasteiger partial charge in [0.15, 0.2) is 0 Å². The first-order valence-corrected chi connectivity index (χ1v) is 6.26. The van der Waals surface area contributed by atoms with Gasteiger partial charge in [-0.25, -0.2) is 9.18 Å². The van der Waals surface area contributed by atoms with E-state index in [1.54, 1.807) is 0 Å². The molecule has 3 rings (SSSR count).